The summed E-state index contributed by atoms with van der Waals surface area (Å²) in [5.74, 6) is 0.959. The number of carbonyl (C=O) groups excluding carboxylic acids is 2. The molecule has 0 saturated carbocycles. The lowest BCUT2D eigenvalue weighted by Gasteiger charge is -2.37. The van der Waals surface area contributed by atoms with Crippen LogP contribution >= 0.6 is 11.6 Å². The molecule has 0 spiro atoms. The number of carbonyl (C=O) groups is 2. The van der Waals surface area contributed by atoms with Crippen LogP contribution in [0.3, 0.4) is 0 Å². The third-order valence-corrected chi connectivity index (χ3v) is 5.75. The molecule has 1 aliphatic rings. The maximum absolute atomic E-state index is 12.9. The van der Waals surface area contributed by atoms with Gasteiger partial charge >= 0.3 is 5.97 Å². The fourth-order valence-corrected chi connectivity index (χ4v) is 4.08. The number of piperazine rings is 1. The Morgan fingerprint density at radius 1 is 1.19 bits per heavy atom. The van der Waals surface area contributed by atoms with Crippen LogP contribution in [0.25, 0.3) is 5.78 Å². The van der Waals surface area contributed by atoms with E-state index in [0.29, 0.717) is 50.5 Å². The number of amides is 1. The van der Waals surface area contributed by atoms with Crippen LogP contribution in [0, 0.1) is 6.92 Å². The highest BCUT2D eigenvalue weighted by Crippen LogP contribution is 2.26. The van der Waals surface area contributed by atoms with Gasteiger partial charge < -0.3 is 14.5 Å². The molecule has 32 heavy (non-hydrogen) atoms. The van der Waals surface area contributed by atoms with Crippen LogP contribution < -0.4 is 4.90 Å². The van der Waals surface area contributed by atoms with Gasteiger partial charge in [-0.15, -0.1) is 0 Å². The Hall–Kier alpha value is -3.27. The van der Waals surface area contributed by atoms with Crippen LogP contribution in [0.15, 0.2) is 24.7 Å². The summed E-state index contributed by atoms with van der Waals surface area (Å²) in [4.78, 5) is 41.5. The van der Waals surface area contributed by atoms with Gasteiger partial charge in [0.05, 0.1) is 12.2 Å². The minimum atomic E-state index is -0.250. The lowest BCUT2D eigenvalue weighted by Crippen LogP contribution is -2.49. The SMILES string of the molecule is CCOC(=O)CCc1c(C)nc2ncnn2c1N1CCN(C(=O)c2cccnc2Cl)CC1. The second-order valence-electron chi connectivity index (χ2n) is 7.40. The molecule has 0 radical (unpaired) electrons. The number of rotatable bonds is 6. The Morgan fingerprint density at radius 3 is 2.69 bits per heavy atom. The molecule has 168 valence electrons. The number of halogens is 1. The van der Waals surface area contributed by atoms with Crippen molar-refractivity contribution in [3.05, 3.63) is 46.6 Å². The molecule has 1 saturated heterocycles. The average Bonchev–Trinajstić information content (AvgIpc) is 3.25. The molecular weight excluding hydrogens is 434 g/mol. The molecule has 0 unspecified atom stereocenters. The fraction of sp³-hybridized carbons (Fsp3) is 0.429. The molecule has 0 N–H and O–H groups in total. The summed E-state index contributed by atoms with van der Waals surface area (Å²) in [5, 5.41) is 4.56. The summed E-state index contributed by atoms with van der Waals surface area (Å²) in [7, 11) is 0. The Bertz CT molecular complexity index is 1140. The molecule has 0 atom stereocenters. The predicted molar refractivity (Wildman–Crippen MR) is 118 cm³/mol. The molecule has 0 aromatic carbocycles. The van der Waals surface area contributed by atoms with E-state index in [0.717, 1.165) is 17.1 Å². The summed E-state index contributed by atoms with van der Waals surface area (Å²) >= 11 is 6.10. The first kappa shape index (κ1) is 21.9. The first-order valence-corrected chi connectivity index (χ1v) is 10.9. The Balaban J connectivity index is 1.56. The van der Waals surface area contributed by atoms with Crippen molar-refractivity contribution in [1.29, 1.82) is 0 Å². The number of pyridine rings is 1. The predicted octanol–water partition coefficient (Wildman–Crippen LogP) is 1.94. The van der Waals surface area contributed by atoms with Gasteiger partial charge in [0, 0.05) is 50.1 Å². The van der Waals surface area contributed by atoms with E-state index in [2.05, 4.69) is 25.0 Å². The first-order chi connectivity index (χ1) is 15.5. The van der Waals surface area contributed by atoms with Crippen molar-refractivity contribution >= 4 is 35.1 Å². The van der Waals surface area contributed by atoms with E-state index in [1.54, 1.807) is 34.7 Å². The van der Waals surface area contributed by atoms with Crippen LogP contribution in [0.5, 0.6) is 0 Å². The summed E-state index contributed by atoms with van der Waals surface area (Å²) in [6.45, 7) is 6.25. The molecule has 3 aromatic heterocycles. The van der Waals surface area contributed by atoms with E-state index in [9.17, 15) is 9.59 Å². The van der Waals surface area contributed by atoms with Gasteiger partial charge in [-0.3, -0.25) is 9.59 Å². The second kappa shape index (κ2) is 9.47. The molecule has 1 aliphatic heterocycles. The van der Waals surface area contributed by atoms with Gasteiger partial charge in [-0.05, 0) is 32.4 Å². The zero-order chi connectivity index (χ0) is 22.7. The van der Waals surface area contributed by atoms with Crippen LogP contribution in [-0.4, -0.2) is 74.1 Å². The van der Waals surface area contributed by atoms with Gasteiger partial charge in [-0.25, -0.2) is 9.97 Å². The van der Waals surface area contributed by atoms with Crippen molar-refractivity contribution in [3.8, 4) is 0 Å². The van der Waals surface area contributed by atoms with Gasteiger partial charge in [0.25, 0.3) is 11.7 Å². The average molecular weight is 458 g/mol. The molecule has 11 heteroatoms. The fourth-order valence-electron chi connectivity index (χ4n) is 3.88. The molecule has 4 rings (SSSR count). The molecule has 4 heterocycles. The van der Waals surface area contributed by atoms with Gasteiger partial charge in [0.2, 0.25) is 0 Å². The second-order valence-corrected chi connectivity index (χ2v) is 7.76. The van der Waals surface area contributed by atoms with E-state index in [4.69, 9.17) is 16.3 Å². The standard InChI is InChI=1S/C21H24ClN7O3/c1-3-32-17(30)7-6-15-14(2)26-21-24-13-25-29(21)19(15)27-9-11-28(12-10-27)20(31)16-5-4-8-23-18(16)22/h4-5,8,13H,3,6-7,9-12H2,1-2H3. The van der Waals surface area contributed by atoms with Gasteiger partial charge in [0.15, 0.2) is 0 Å². The number of hydrogen-bond acceptors (Lipinski definition) is 8. The van der Waals surface area contributed by atoms with Crippen molar-refractivity contribution in [1.82, 2.24) is 29.5 Å². The molecule has 0 aliphatic carbocycles. The summed E-state index contributed by atoms with van der Waals surface area (Å²) < 4.78 is 6.78. The molecule has 10 nitrogen and oxygen atoms in total. The summed E-state index contributed by atoms with van der Waals surface area (Å²) in [5.41, 5.74) is 2.12. The lowest BCUT2D eigenvalue weighted by molar-refractivity contribution is -0.143. The topological polar surface area (TPSA) is 106 Å². The quantitative estimate of drug-likeness (QED) is 0.408. The third-order valence-electron chi connectivity index (χ3n) is 5.45. The highest BCUT2D eigenvalue weighted by molar-refractivity contribution is 6.32. The minimum Gasteiger partial charge on any atom is -0.466 e. The van der Waals surface area contributed by atoms with Crippen LogP contribution in [0.4, 0.5) is 5.82 Å². The van der Waals surface area contributed by atoms with Crippen molar-refractivity contribution in [2.45, 2.75) is 26.7 Å². The van der Waals surface area contributed by atoms with Gasteiger partial charge in [0.1, 0.15) is 17.3 Å². The van der Waals surface area contributed by atoms with Crippen LogP contribution in [-0.2, 0) is 16.0 Å². The molecule has 1 fully saturated rings. The molecule has 3 aromatic rings. The number of anilines is 1. The van der Waals surface area contributed by atoms with Crippen molar-refractivity contribution in [3.63, 3.8) is 0 Å². The largest absolute Gasteiger partial charge is 0.466 e. The van der Waals surface area contributed by atoms with Crippen molar-refractivity contribution in [2.75, 3.05) is 37.7 Å². The first-order valence-electron chi connectivity index (χ1n) is 10.5. The maximum Gasteiger partial charge on any atom is 0.306 e. The molecular formula is C21H24ClN7O3. The number of aromatic nitrogens is 5. The van der Waals surface area contributed by atoms with Crippen LogP contribution in [0.2, 0.25) is 5.15 Å². The van der Waals surface area contributed by atoms with E-state index in [-0.39, 0.29) is 23.5 Å². The van der Waals surface area contributed by atoms with Crippen molar-refractivity contribution < 1.29 is 14.3 Å². The van der Waals surface area contributed by atoms with E-state index in [1.807, 2.05) is 6.92 Å². The van der Waals surface area contributed by atoms with E-state index < -0.39 is 0 Å². The third kappa shape index (κ3) is 4.36. The highest BCUT2D eigenvalue weighted by Gasteiger charge is 2.28. The summed E-state index contributed by atoms with van der Waals surface area (Å²) in [6, 6.07) is 3.38. The van der Waals surface area contributed by atoms with Gasteiger partial charge in [-0.2, -0.15) is 14.6 Å². The maximum atomic E-state index is 12.9. The number of nitrogens with zero attached hydrogens (tertiary/aromatic N) is 7. The normalized spacial score (nSPS) is 14.1. The number of hydrogen-bond donors (Lipinski definition) is 0. The number of ether oxygens (including phenoxy) is 1. The number of esters is 1. The Kier molecular flexibility index (Phi) is 6.50. The van der Waals surface area contributed by atoms with Crippen LogP contribution in [0.1, 0.15) is 35.0 Å². The highest BCUT2D eigenvalue weighted by atomic mass is 35.5. The zero-order valence-electron chi connectivity index (χ0n) is 18.0. The summed E-state index contributed by atoms with van der Waals surface area (Å²) in [6.07, 6.45) is 3.75. The minimum absolute atomic E-state index is 0.137. The van der Waals surface area contributed by atoms with E-state index in [1.165, 1.54) is 6.33 Å². The number of aryl methyl sites for hydroxylation is 1. The Labute approximate surface area is 190 Å². The monoisotopic (exact) mass is 457 g/mol. The smallest absolute Gasteiger partial charge is 0.306 e. The number of fused-ring (bicyclic) bond motifs is 1. The lowest BCUT2D eigenvalue weighted by atomic mass is 10.1. The molecule has 1 amide bonds. The molecule has 0 bridgehead atoms. The van der Waals surface area contributed by atoms with E-state index >= 15 is 0 Å². The Morgan fingerprint density at radius 2 is 1.97 bits per heavy atom. The zero-order valence-corrected chi connectivity index (χ0v) is 18.7. The van der Waals surface area contributed by atoms with Gasteiger partial charge in [-0.1, -0.05) is 11.6 Å². The van der Waals surface area contributed by atoms with Crippen molar-refractivity contribution in [2.24, 2.45) is 0 Å².